The Morgan fingerprint density at radius 2 is 1.96 bits per heavy atom. The molecule has 0 spiro atoms. The van der Waals surface area contributed by atoms with E-state index in [0.717, 1.165) is 6.07 Å². The Bertz CT molecular complexity index is 507. The third kappa shape index (κ3) is 6.77. The second-order valence-electron chi connectivity index (χ2n) is 4.57. The maximum Gasteiger partial charge on any atom is 0.418 e. The van der Waals surface area contributed by atoms with Crippen LogP contribution in [0, 0.1) is 0 Å². The topological polar surface area (TPSA) is 59.6 Å². The van der Waals surface area contributed by atoms with E-state index in [-0.39, 0.29) is 18.0 Å². The summed E-state index contributed by atoms with van der Waals surface area (Å²) in [6, 6.07) is 2.72. The molecule has 8 heteroatoms. The van der Waals surface area contributed by atoms with Gasteiger partial charge in [0.25, 0.3) is 0 Å². The first-order valence-corrected chi connectivity index (χ1v) is 7.35. The van der Waals surface area contributed by atoms with E-state index in [1.54, 1.807) is 6.92 Å². The van der Waals surface area contributed by atoms with Crippen molar-refractivity contribution in [3.63, 3.8) is 0 Å². The third-order valence-corrected chi connectivity index (χ3v) is 2.81. The number of nitrogens with one attached hydrogen (secondary N) is 2. The normalized spacial score (nSPS) is 11.2. The van der Waals surface area contributed by atoms with Crippen LogP contribution >= 0.6 is 0 Å². The number of ether oxygens (including phenoxy) is 2. The van der Waals surface area contributed by atoms with Gasteiger partial charge in [-0.15, -0.1) is 0 Å². The Balaban J connectivity index is 2.69. The molecule has 0 aliphatic rings. The van der Waals surface area contributed by atoms with Crippen molar-refractivity contribution in [3.8, 4) is 5.75 Å². The van der Waals surface area contributed by atoms with Gasteiger partial charge in [-0.05, 0) is 38.5 Å². The summed E-state index contributed by atoms with van der Waals surface area (Å²) in [5.41, 5.74) is -1.27. The Kier molecular flexibility index (Phi) is 7.67. The smallest absolute Gasteiger partial charge is 0.418 e. The minimum absolute atomic E-state index is 0.0995. The monoisotopic (exact) mass is 334 g/mol. The number of urea groups is 1. The van der Waals surface area contributed by atoms with Gasteiger partial charge in [0.1, 0.15) is 5.75 Å². The summed E-state index contributed by atoms with van der Waals surface area (Å²) in [7, 11) is 0. The lowest BCUT2D eigenvalue weighted by molar-refractivity contribution is -0.137. The molecule has 0 aliphatic carbocycles. The first kappa shape index (κ1) is 19.1. The second kappa shape index (κ2) is 9.24. The molecule has 0 fully saturated rings. The molecule has 1 aromatic carbocycles. The zero-order valence-corrected chi connectivity index (χ0v) is 13.1. The Morgan fingerprint density at radius 3 is 2.57 bits per heavy atom. The first-order chi connectivity index (χ1) is 10.9. The van der Waals surface area contributed by atoms with Crippen molar-refractivity contribution in [1.82, 2.24) is 5.32 Å². The highest BCUT2D eigenvalue weighted by Crippen LogP contribution is 2.37. The lowest BCUT2D eigenvalue weighted by Gasteiger charge is -2.16. The van der Waals surface area contributed by atoms with E-state index >= 15 is 0 Å². The summed E-state index contributed by atoms with van der Waals surface area (Å²) in [5.74, 6) is 0.0995. The number of hydrogen-bond acceptors (Lipinski definition) is 3. The Morgan fingerprint density at radius 1 is 1.22 bits per heavy atom. The standard InChI is InChI=1S/C15H21F3N2O3/c1-3-22-9-5-8-19-14(21)20-13-7-6-11(23-4-2)10-12(13)15(16,17)18/h6-7,10H,3-5,8-9H2,1-2H3,(H2,19,20,21). The first-order valence-electron chi connectivity index (χ1n) is 7.35. The number of halogens is 3. The van der Waals surface area contributed by atoms with Crippen molar-refractivity contribution in [1.29, 1.82) is 0 Å². The molecule has 23 heavy (non-hydrogen) atoms. The van der Waals surface area contributed by atoms with Gasteiger partial charge in [0.2, 0.25) is 0 Å². The van der Waals surface area contributed by atoms with E-state index in [1.165, 1.54) is 12.1 Å². The number of carbonyl (C=O) groups excluding carboxylic acids is 1. The van der Waals surface area contributed by atoms with Gasteiger partial charge >= 0.3 is 12.2 Å². The molecule has 0 aromatic heterocycles. The summed E-state index contributed by atoms with van der Waals surface area (Å²) in [6.45, 7) is 5.15. The Labute approximate surface area is 133 Å². The van der Waals surface area contributed by atoms with Crippen molar-refractivity contribution in [3.05, 3.63) is 23.8 Å². The summed E-state index contributed by atoms with van der Waals surface area (Å²) >= 11 is 0. The minimum atomic E-state index is -4.59. The molecule has 0 radical (unpaired) electrons. The van der Waals surface area contributed by atoms with E-state index in [9.17, 15) is 18.0 Å². The number of alkyl halides is 3. The van der Waals surface area contributed by atoms with E-state index < -0.39 is 17.8 Å². The van der Waals surface area contributed by atoms with Crippen LogP contribution in [0.1, 0.15) is 25.8 Å². The van der Waals surface area contributed by atoms with Crippen LogP contribution in [-0.4, -0.2) is 32.4 Å². The number of anilines is 1. The van der Waals surface area contributed by atoms with Crippen LogP contribution in [0.25, 0.3) is 0 Å². The fraction of sp³-hybridized carbons (Fsp3) is 0.533. The van der Waals surface area contributed by atoms with Crippen LogP contribution < -0.4 is 15.4 Å². The molecule has 0 bridgehead atoms. The van der Waals surface area contributed by atoms with Crippen molar-refractivity contribution in [2.75, 3.05) is 31.7 Å². The van der Waals surface area contributed by atoms with E-state index in [0.29, 0.717) is 26.2 Å². The number of benzene rings is 1. The molecular weight excluding hydrogens is 313 g/mol. The predicted molar refractivity (Wildman–Crippen MR) is 80.7 cm³/mol. The van der Waals surface area contributed by atoms with Crippen LogP contribution in [0.2, 0.25) is 0 Å². The van der Waals surface area contributed by atoms with Gasteiger partial charge in [0.05, 0.1) is 17.9 Å². The quantitative estimate of drug-likeness (QED) is 0.714. The maximum absolute atomic E-state index is 13.1. The number of hydrogen-bond donors (Lipinski definition) is 2. The molecule has 0 unspecified atom stereocenters. The van der Waals surface area contributed by atoms with Crippen molar-refractivity contribution in [2.45, 2.75) is 26.4 Å². The van der Waals surface area contributed by atoms with Crippen LogP contribution in [0.4, 0.5) is 23.7 Å². The number of amides is 2. The summed E-state index contributed by atoms with van der Waals surface area (Å²) in [5, 5.41) is 4.69. The maximum atomic E-state index is 13.1. The summed E-state index contributed by atoms with van der Waals surface area (Å²) in [4.78, 5) is 11.7. The highest BCUT2D eigenvalue weighted by molar-refractivity contribution is 5.90. The summed E-state index contributed by atoms with van der Waals surface area (Å²) in [6.07, 6.45) is -4.01. The van der Waals surface area contributed by atoms with Gasteiger partial charge in [0.15, 0.2) is 0 Å². The second-order valence-corrected chi connectivity index (χ2v) is 4.57. The van der Waals surface area contributed by atoms with Gasteiger partial charge in [-0.3, -0.25) is 0 Å². The molecule has 2 amide bonds. The zero-order chi connectivity index (χ0) is 17.3. The molecule has 5 nitrogen and oxygen atoms in total. The Hall–Kier alpha value is -1.96. The molecule has 0 saturated carbocycles. The fourth-order valence-electron chi connectivity index (χ4n) is 1.81. The van der Waals surface area contributed by atoms with Crippen LogP contribution in [-0.2, 0) is 10.9 Å². The molecule has 130 valence electrons. The van der Waals surface area contributed by atoms with Gasteiger partial charge in [-0.2, -0.15) is 13.2 Å². The number of rotatable bonds is 8. The summed E-state index contributed by atoms with van der Waals surface area (Å²) < 4.78 is 49.4. The molecule has 0 heterocycles. The largest absolute Gasteiger partial charge is 0.494 e. The molecular formula is C15H21F3N2O3. The van der Waals surface area contributed by atoms with Gasteiger partial charge in [-0.25, -0.2) is 4.79 Å². The van der Waals surface area contributed by atoms with Gasteiger partial charge in [0, 0.05) is 19.8 Å². The van der Waals surface area contributed by atoms with Crippen molar-refractivity contribution < 1.29 is 27.4 Å². The average molecular weight is 334 g/mol. The van der Waals surface area contributed by atoms with Crippen molar-refractivity contribution in [2.24, 2.45) is 0 Å². The average Bonchev–Trinajstić information content (AvgIpc) is 2.48. The predicted octanol–water partition coefficient (Wildman–Crippen LogP) is 3.65. The van der Waals surface area contributed by atoms with E-state index in [1.807, 2.05) is 6.92 Å². The molecule has 1 rings (SSSR count). The lowest BCUT2D eigenvalue weighted by atomic mass is 10.1. The van der Waals surface area contributed by atoms with Crippen LogP contribution in [0.15, 0.2) is 18.2 Å². The van der Waals surface area contributed by atoms with Gasteiger partial charge in [-0.1, -0.05) is 0 Å². The zero-order valence-electron chi connectivity index (χ0n) is 13.1. The third-order valence-electron chi connectivity index (χ3n) is 2.81. The van der Waals surface area contributed by atoms with Crippen LogP contribution in [0.3, 0.4) is 0 Å². The molecule has 0 saturated heterocycles. The molecule has 1 aromatic rings. The van der Waals surface area contributed by atoms with Crippen LogP contribution in [0.5, 0.6) is 5.75 Å². The fourth-order valence-corrected chi connectivity index (χ4v) is 1.81. The molecule has 2 N–H and O–H groups in total. The SMILES string of the molecule is CCOCCCNC(=O)Nc1ccc(OCC)cc1C(F)(F)F. The van der Waals surface area contributed by atoms with E-state index in [2.05, 4.69) is 10.6 Å². The highest BCUT2D eigenvalue weighted by Gasteiger charge is 2.34. The molecule has 0 aliphatic heterocycles. The lowest BCUT2D eigenvalue weighted by Crippen LogP contribution is -2.31. The van der Waals surface area contributed by atoms with Gasteiger partial charge < -0.3 is 20.1 Å². The van der Waals surface area contributed by atoms with E-state index in [4.69, 9.17) is 9.47 Å². The highest BCUT2D eigenvalue weighted by atomic mass is 19.4. The minimum Gasteiger partial charge on any atom is -0.494 e. The molecule has 0 atom stereocenters. The number of carbonyl (C=O) groups is 1. The van der Waals surface area contributed by atoms with Crippen molar-refractivity contribution >= 4 is 11.7 Å².